The van der Waals surface area contributed by atoms with E-state index >= 15 is 0 Å². The minimum absolute atomic E-state index is 0.211. The van der Waals surface area contributed by atoms with Gasteiger partial charge in [-0.1, -0.05) is 22.0 Å². The van der Waals surface area contributed by atoms with E-state index in [0.717, 1.165) is 23.2 Å². The van der Waals surface area contributed by atoms with Crippen molar-refractivity contribution in [3.05, 3.63) is 65.0 Å². The van der Waals surface area contributed by atoms with E-state index < -0.39 is 0 Å². The topological polar surface area (TPSA) is 17.0 Å². The molecule has 3 aromatic rings. The number of nitrogens with zero attached hydrogens (tertiary/aromatic N) is 1. The summed E-state index contributed by atoms with van der Waals surface area (Å²) in [6.07, 6.45) is 2.09. The van der Waals surface area contributed by atoms with Crippen molar-refractivity contribution in [3.63, 3.8) is 0 Å². The second-order valence-corrected chi connectivity index (χ2v) is 5.47. The summed E-state index contributed by atoms with van der Waals surface area (Å²) in [4.78, 5) is 0. The van der Waals surface area contributed by atoms with Crippen LogP contribution in [0, 0.1) is 5.82 Å². The van der Waals surface area contributed by atoms with Crippen molar-refractivity contribution >= 4 is 32.5 Å². The summed E-state index contributed by atoms with van der Waals surface area (Å²) in [5.41, 5.74) is 2.14. The van der Waals surface area contributed by atoms with Crippen LogP contribution in [0.2, 0.25) is 0 Å². The molecule has 0 aliphatic rings. The first-order valence-electron chi connectivity index (χ1n) is 6.47. The second-order valence-electron chi connectivity index (χ2n) is 4.62. The molecule has 0 saturated heterocycles. The average molecular weight is 333 g/mol. The molecule has 1 heterocycles. The van der Waals surface area contributed by atoms with Crippen LogP contribution in [0.5, 0.6) is 0 Å². The zero-order valence-corrected chi connectivity index (χ0v) is 12.4. The molecule has 2 aromatic carbocycles. The van der Waals surface area contributed by atoms with Crippen molar-refractivity contribution in [2.24, 2.45) is 0 Å². The van der Waals surface area contributed by atoms with E-state index in [9.17, 15) is 4.39 Å². The molecular weight excluding hydrogens is 319 g/mol. The van der Waals surface area contributed by atoms with Crippen LogP contribution in [-0.4, -0.2) is 11.1 Å². The van der Waals surface area contributed by atoms with Gasteiger partial charge in [0, 0.05) is 40.3 Å². The second kappa shape index (κ2) is 5.67. The third-order valence-corrected chi connectivity index (χ3v) is 3.98. The van der Waals surface area contributed by atoms with Gasteiger partial charge in [-0.15, -0.1) is 0 Å². The van der Waals surface area contributed by atoms with Gasteiger partial charge in [-0.25, -0.2) is 4.39 Å². The molecule has 2 nitrogen and oxygen atoms in total. The zero-order valence-electron chi connectivity index (χ0n) is 10.8. The van der Waals surface area contributed by atoms with Gasteiger partial charge in [0.25, 0.3) is 0 Å². The van der Waals surface area contributed by atoms with Gasteiger partial charge in [0.15, 0.2) is 0 Å². The Kier molecular flexibility index (Phi) is 3.74. The van der Waals surface area contributed by atoms with Crippen molar-refractivity contribution in [1.29, 1.82) is 0 Å². The molecule has 4 heteroatoms. The Balaban J connectivity index is 1.68. The van der Waals surface area contributed by atoms with Gasteiger partial charge in [-0.3, -0.25) is 0 Å². The van der Waals surface area contributed by atoms with Crippen LogP contribution >= 0.6 is 15.9 Å². The van der Waals surface area contributed by atoms with Gasteiger partial charge < -0.3 is 9.88 Å². The minimum Gasteiger partial charge on any atom is -0.383 e. The molecule has 0 unspecified atom stereocenters. The number of halogens is 2. The summed E-state index contributed by atoms with van der Waals surface area (Å²) >= 11 is 3.56. The van der Waals surface area contributed by atoms with Crippen molar-refractivity contribution in [1.82, 2.24) is 4.57 Å². The standard InChI is InChI=1S/C16H14BrFN2/c17-15-2-1-3-16-14(15)8-10-20(16)11-9-19-13-6-4-12(18)5-7-13/h1-8,10,19H,9,11H2. The molecule has 0 bridgehead atoms. The monoisotopic (exact) mass is 332 g/mol. The molecular formula is C16H14BrFN2. The molecule has 0 atom stereocenters. The Labute approximate surface area is 125 Å². The van der Waals surface area contributed by atoms with Crippen LogP contribution in [0.1, 0.15) is 0 Å². The first kappa shape index (κ1) is 13.2. The highest BCUT2D eigenvalue weighted by molar-refractivity contribution is 9.10. The fourth-order valence-electron chi connectivity index (χ4n) is 2.27. The van der Waals surface area contributed by atoms with Crippen LogP contribution in [0.15, 0.2) is 59.2 Å². The first-order valence-corrected chi connectivity index (χ1v) is 7.26. The fraction of sp³-hybridized carbons (Fsp3) is 0.125. The van der Waals surface area contributed by atoms with Crippen LogP contribution < -0.4 is 5.32 Å². The summed E-state index contributed by atoms with van der Waals surface area (Å²) < 4.78 is 16.1. The molecule has 102 valence electrons. The third kappa shape index (κ3) is 2.70. The number of hydrogen-bond acceptors (Lipinski definition) is 1. The Morgan fingerprint density at radius 2 is 1.85 bits per heavy atom. The molecule has 0 aliphatic carbocycles. The van der Waals surface area contributed by atoms with Crippen molar-refractivity contribution in [2.45, 2.75) is 6.54 Å². The summed E-state index contributed by atoms with van der Waals surface area (Å²) in [5, 5.41) is 4.51. The van der Waals surface area contributed by atoms with E-state index in [0.29, 0.717) is 0 Å². The van der Waals surface area contributed by atoms with Crippen LogP contribution in [-0.2, 0) is 6.54 Å². The molecule has 3 rings (SSSR count). The molecule has 20 heavy (non-hydrogen) atoms. The number of anilines is 1. The maximum absolute atomic E-state index is 12.8. The Morgan fingerprint density at radius 1 is 1.05 bits per heavy atom. The van der Waals surface area contributed by atoms with Crippen LogP contribution in [0.4, 0.5) is 10.1 Å². The van der Waals surface area contributed by atoms with Crippen molar-refractivity contribution in [3.8, 4) is 0 Å². The van der Waals surface area contributed by atoms with E-state index in [1.165, 1.54) is 23.0 Å². The van der Waals surface area contributed by atoms with Gasteiger partial charge in [0.1, 0.15) is 5.82 Å². The van der Waals surface area contributed by atoms with E-state index in [4.69, 9.17) is 0 Å². The van der Waals surface area contributed by atoms with Crippen LogP contribution in [0.25, 0.3) is 10.9 Å². The van der Waals surface area contributed by atoms with E-state index in [1.807, 2.05) is 12.1 Å². The quantitative estimate of drug-likeness (QED) is 0.735. The van der Waals surface area contributed by atoms with Crippen molar-refractivity contribution < 1.29 is 4.39 Å². The predicted octanol–water partition coefficient (Wildman–Crippen LogP) is 4.66. The average Bonchev–Trinajstić information content (AvgIpc) is 2.86. The number of nitrogens with one attached hydrogen (secondary N) is 1. The normalized spacial score (nSPS) is 10.9. The summed E-state index contributed by atoms with van der Waals surface area (Å²) in [6.45, 7) is 1.65. The molecule has 1 N–H and O–H groups in total. The smallest absolute Gasteiger partial charge is 0.123 e. The lowest BCUT2D eigenvalue weighted by Gasteiger charge is -2.08. The number of aromatic nitrogens is 1. The van der Waals surface area contributed by atoms with Gasteiger partial charge in [-0.05, 0) is 42.5 Å². The Hall–Kier alpha value is -1.81. The first-order chi connectivity index (χ1) is 9.74. The minimum atomic E-state index is -0.211. The van der Waals surface area contributed by atoms with Gasteiger partial charge in [0.05, 0.1) is 0 Å². The van der Waals surface area contributed by atoms with Crippen molar-refractivity contribution in [2.75, 3.05) is 11.9 Å². The van der Waals surface area contributed by atoms with Gasteiger partial charge in [-0.2, -0.15) is 0 Å². The number of benzene rings is 2. The third-order valence-electron chi connectivity index (χ3n) is 3.29. The van der Waals surface area contributed by atoms with Crippen LogP contribution in [0.3, 0.4) is 0 Å². The predicted molar refractivity (Wildman–Crippen MR) is 84.5 cm³/mol. The highest BCUT2D eigenvalue weighted by Gasteiger charge is 2.03. The maximum atomic E-state index is 12.8. The highest BCUT2D eigenvalue weighted by Crippen LogP contribution is 2.24. The fourth-order valence-corrected chi connectivity index (χ4v) is 2.76. The molecule has 0 radical (unpaired) electrons. The number of rotatable bonds is 4. The zero-order chi connectivity index (χ0) is 13.9. The lowest BCUT2D eigenvalue weighted by atomic mass is 10.2. The number of hydrogen-bond donors (Lipinski definition) is 1. The molecule has 0 fully saturated rings. The lowest BCUT2D eigenvalue weighted by Crippen LogP contribution is -2.09. The van der Waals surface area contributed by atoms with E-state index in [1.54, 1.807) is 12.1 Å². The summed E-state index contributed by atoms with van der Waals surface area (Å²) in [7, 11) is 0. The molecule has 0 aliphatic heterocycles. The maximum Gasteiger partial charge on any atom is 0.123 e. The van der Waals surface area contributed by atoms with Gasteiger partial charge in [0.2, 0.25) is 0 Å². The molecule has 1 aromatic heterocycles. The molecule has 0 amide bonds. The van der Waals surface area contributed by atoms with E-state index in [2.05, 4.69) is 44.1 Å². The molecule has 0 saturated carbocycles. The Bertz CT molecular complexity index is 719. The SMILES string of the molecule is Fc1ccc(NCCn2ccc3c(Br)cccc32)cc1. The van der Waals surface area contributed by atoms with E-state index in [-0.39, 0.29) is 5.82 Å². The highest BCUT2D eigenvalue weighted by atomic mass is 79.9. The summed E-state index contributed by atoms with van der Waals surface area (Å²) in [6, 6.07) is 14.7. The Morgan fingerprint density at radius 3 is 2.65 bits per heavy atom. The largest absolute Gasteiger partial charge is 0.383 e. The molecule has 0 spiro atoms. The lowest BCUT2D eigenvalue weighted by molar-refractivity contribution is 0.628. The van der Waals surface area contributed by atoms with Gasteiger partial charge >= 0.3 is 0 Å². The number of fused-ring (bicyclic) bond motifs is 1. The summed E-state index contributed by atoms with van der Waals surface area (Å²) in [5.74, 6) is -0.211.